The van der Waals surface area contributed by atoms with Crippen molar-refractivity contribution in [1.82, 2.24) is 9.55 Å². The molecule has 0 radical (unpaired) electrons. The van der Waals surface area contributed by atoms with Crippen LogP contribution in [0.25, 0.3) is 11.0 Å². The van der Waals surface area contributed by atoms with Crippen molar-refractivity contribution in [3.05, 3.63) is 45.4 Å². The Morgan fingerprint density at radius 2 is 1.72 bits per heavy atom. The smallest absolute Gasteiger partial charge is 0.302 e. The average Bonchev–Trinajstić information content (AvgIpc) is 2.98. The average molecular weight is 449 g/mol. The fourth-order valence-electron chi connectivity index (χ4n) is 4.09. The molecule has 1 aromatic heterocycles. The minimum atomic E-state index is -1.48. The molecule has 1 heterocycles. The number of hydrogen-bond acceptors (Lipinski definition) is 2. The van der Waals surface area contributed by atoms with E-state index in [4.69, 9.17) is 32.9 Å². The first-order chi connectivity index (χ1) is 13.6. The number of benzene rings is 2. The van der Waals surface area contributed by atoms with Gasteiger partial charge >= 0.3 is 6.01 Å². The lowest BCUT2D eigenvalue weighted by atomic mass is 9.93. The summed E-state index contributed by atoms with van der Waals surface area (Å²) in [5.74, 6) is 1.09. The second-order valence-corrected chi connectivity index (χ2v) is 14.5. The number of nitrogens with zero attached hydrogens (tertiary/aromatic N) is 2. The number of aromatic nitrogens is 2. The van der Waals surface area contributed by atoms with E-state index < -0.39 is 8.07 Å². The Hall–Kier alpha value is -1.49. The highest BCUT2D eigenvalue weighted by molar-refractivity contribution is 6.89. The number of aryl methyl sites for hydroxylation is 1. The molecular formula is C23H30Cl2N2OSi. The summed E-state index contributed by atoms with van der Waals surface area (Å²) in [7, 11) is 0.500. The van der Waals surface area contributed by atoms with E-state index in [0.29, 0.717) is 27.7 Å². The van der Waals surface area contributed by atoms with E-state index in [0.717, 1.165) is 29.4 Å². The van der Waals surface area contributed by atoms with Gasteiger partial charge in [0.05, 0.1) is 23.6 Å². The Bertz CT molecular complexity index is 1050. The molecule has 0 atom stereocenters. The van der Waals surface area contributed by atoms with Gasteiger partial charge in [-0.3, -0.25) is 4.57 Å². The van der Waals surface area contributed by atoms with E-state index >= 15 is 0 Å². The molecule has 29 heavy (non-hydrogen) atoms. The van der Waals surface area contributed by atoms with Gasteiger partial charge < -0.3 is 4.74 Å². The fraction of sp³-hybridized carbons (Fsp3) is 0.435. The number of hydrogen-bond donors (Lipinski definition) is 0. The molecule has 0 spiro atoms. The lowest BCUT2D eigenvalue weighted by Crippen LogP contribution is -2.39. The Morgan fingerprint density at radius 1 is 1.07 bits per heavy atom. The standard InChI is InChI=1S/C23H30Cl2N2OSi/c1-8-15(9-2)16-10-11-17(24)21-22(16)27(4)23(26-21)28-18-12-13-19(29(5,6)7)14(3)20(18)25/h10-13,15H,8-9H2,1-7H3. The number of imidazole rings is 1. The quantitative estimate of drug-likeness (QED) is 0.366. The van der Waals surface area contributed by atoms with Gasteiger partial charge in [0.2, 0.25) is 0 Å². The third-order valence-electron chi connectivity index (χ3n) is 5.75. The molecule has 2 aromatic carbocycles. The number of halogens is 2. The lowest BCUT2D eigenvalue weighted by Gasteiger charge is -2.21. The maximum Gasteiger partial charge on any atom is 0.302 e. The highest BCUT2D eigenvalue weighted by atomic mass is 35.5. The van der Waals surface area contributed by atoms with Crippen LogP contribution < -0.4 is 9.92 Å². The van der Waals surface area contributed by atoms with E-state index in [1.54, 1.807) is 0 Å². The van der Waals surface area contributed by atoms with Crippen molar-refractivity contribution in [2.45, 2.75) is 59.2 Å². The van der Waals surface area contributed by atoms with Crippen LogP contribution in [0, 0.1) is 6.92 Å². The van der Waals surface area contributed by atoms with Crippen molar-refractivity contribution < 1.29 is 4.74 Å². The largest absolute Gasteiger partial charge is 0.424 e. The predicted octanol–water partition coefficient (Wildman–Crippen LogP) is 7.43. The van der Waals surface area contributed by atoms with E-state index in [1.807, 2.05) is 23.7 Å². The zero-order valence-corrected chi connectivity index (χ0v) is 20.9. The second kappa shape index (κ2) is 8.33. The monoisotopic (exact) mass is 448 g/mol. The Balaban J connectivity index is 2.11. The lowest BCUT2D eigenvalue weighted by molar-refractivity contribution is 0.427. The zero-order valence-electron chi connectivity index (χ0n) is 18.4. The van der Waals surface area contributed by atoms with E-state index in [2.05, 4.69) is 52.5 Å². The van der Waals surface area contributed by atoms with Crippen molar-refractivity contribution >= 4 is 47.5 Å². The minimum absolute atomic E-state index is 0.458. The summed E-state index contributed by atoms with van der Waals surface area (Å²) in [5.41, 5.74) is 4.17. The minimum Gasteiger partial charge on any atom is -0.424 e. The molecule has 0 bridgehead atoms. The highest BCUT2D eigenvalue weighted by Gasteiger charge is 2.23. The summed E-state index contributed by atoms with van der Waals surface area (Å²) in [6.07, 6.45) is 2.13. The first-order valence-electron chi connectivity index (χ1n) is 10.2. The molecule has 0 aliphatic heterocycles. The van der Waals surface area contributed by atoms with Gasteiger partial charge in [-0.15, -0.1) is 0 Å². The van der Waals surface area contributed by atoms with Gasteiger partial charge in [0.15, 0.2) is 0 Å². The molecule has 3 aromatic rings. The Morgan fingerprint density at radius 3 is 2.31 bits per heavy atom. The molecule has 0 saturated carbocycles. The SMILES string of the molecule is CCC(CC)c1ccc(Cl)c2nc(Oc3ccc([Si](C)(C)C)c(C)c3Cl)n(C)c12. The van der Waals surface area contributed by atoms with Crippen LogP contribution >= 0.6 is 23.2 Å². The van der Waals surface area contributed by atoms with E-state index in [1.165, 1.54) is 10.8 Å². The molecular weight excluding hydrogens is 419 g/mol. The molecule has 0 fully saturated rings. The molecule has 0 saturated heterocycles. The maximum atomic E-state index is 6.70. The molecule has 0 N–H and O–H groups in total. The van der Waals surface area contributed by atoms with Crippen LogP contribution in [-0.2, 0) is 7.05 Å². The summed E-state index contributed by atoms with van der Waals surface area (Å²) < 4.78 is 8.20. The Labute approximate surface area is 185 Å². The topological polar surface area (TPSA) is 27.1 Å². The van der Waals surface area contributed by atoms with Crippen LogP contribution in [0.2, 0.25) is 29.7 Å². The molecule has 3 nitrogen and oxygen atoms in total. The van der Waals surface area contributed by atoms with Crippen LogP contribution in [-0.4, -0.2) is 17.6 Å². The second-order valence-electron chi connectivity index (χ2n) is 8.70. The molecule has 0 amide bonds. The molecule has 0 unspecified atom stereocenters. The fourth-order valence-corrected chi connectivity index (χ4v) is 6.41. The summed E-state index contributed by atoms with van der Waals surface area (Å²) in [6.45, 7) is 13.5. The van der Waals surface area contributed by atoms with E-state index in [-0.39, 0.29) is 0 Å². The van der Waals surface area contributed by atoms with Crippen molar-refractivity contribution in [3.8, 4) is 11.8 Å². The van der Waals surface area contributed by atoms with Gasteiger partial charge in [-0.2, -0.15) is 4.98 Å². The summed E-state index contributed by atoms with van der Waals surface area (Å²) in [5, 5.41) is 2.64. The van der Waals surface area contributed by atoms with Crippen LogP contribution in [0.5, 0.6) is 11.8 Å². The van der Waals surface area contributed by atoms with Crippen molar-refractivity contribution in [1.29, 1.82) is 0 Å². The first-order valence-corrected chi connectivity index (χ1v) is 14.5. The van der Waals surface area contributed by atoms with Crippen molar-refractivity contribution in [3.63, 3.8) is 0 Å². The molecule has 0 aliphatic carbocycles. The normalized spacial score (nSPS) is 12.2. The third-order valence-corrected chi connectivity index (χ3v) is 8.68. The van der Waals surface area contributed by atoms with Gasteiger partial charge in [-0.1, -0.05) is 74.0 Å². The summed E-state index contributed by atoms with van der Waals surface area (Å²) in [6, 6.07) is 8.67. The van der Waals surface area contributed by atoms with Crippen LogP contribution in [0.1, 0.15) is 43.7 Å². The Kier molecular flexibility index (Phi) is 6.37. The van der Waals surface area contributed by atoms with Gasteiger partial charge in [0.1, 0.15) is 11.3 Å². The van der Waals surface area contributed by atoms with Gasteiger partial charge in [0.25, 0.3) is 0 Å². The number of rotatable bonds is 6. The number of ether oxygens (including phenoxy) is 1. The van der Waals surface area contributed by atoms with Gasteiger partial charge in [-0.05, 0) is 48.9 Å². The third kappa shape index (κ3) is 4.07. The summed E-state index contributed by atoms with van der Waals surface area (Å²) in [4.78, 5) is 4.72. The predicted molar refractivity (Wildman–Crippen MR) is 128 cm³/mol. The van der Waals surface area contributed by atoms with Crippen LogP contribution in [0.3, 0.4) is 0 Å². The first kappa shape index (κ1) is 22.2. The van der Waals surface area contributed by atoms with E-state index in [9.17, 15) is 0 Å². The highest BCUT2D eigenvalue weighted by Crippen LogP contribution is 2.38. The molecule has 6 heteroatoms. The maximum absolute atomic E-state index is 6.70. The zero-order chi connectivity index (χ0) is 21.5. The van der Waals surface area contributed by atoms with Gasteiger partial charge in [-0.25, -0.2) is 0 Å². The number of fused-ring (bicyclic) bond motifs is 1. The molecule has 0 aliphatic rings. The molecule has 156 valence electrons. The van der Waals surface area contributed by atoms with Crippen molar-refractivity contribution in [2.75, 3.05) is 0 Å². The van der Waals surface area contributed by atoms with Crippen LogP contribution in [0.4, 0.5) is 0 Å². The van der Waals surface area contributed by atoms with Crippen molar-refractivity contribution in [2.24, 2.45) is 7.05 Å². The summed E-state index contributed by atoms with van der Waals surface area (Å²) >= 11 is 13.2. The van der Waals surface area contributed by atoms with Gasteiger partial charge in [0, 0.05) is 7.05 Å². The molecule has 3 rings (SSSR count). The van der Waals surface area contributed by atoms with Crippen LogP contribution in [0.15, 0.2) is 24.3 Å².